The predicted molar refractivity (Wildman–Crippen MR) is 56.3 cm³/mol. The lowest BCUT2D eigenvalue weighted by molar-refractivity contribution is 0.410. The zero-order chi connectivity index (χ0) is 11.2. The predicted octanol–water partition coefficient (Wildman–Crippen LogP) is -0.200. The van der Waals surface area contributed by atoms with Gasteiger partial charge < -0.3 is 15.3 Å². The minimum atomic E-state index is 0.553. The summed E-state index contributed by atoms with van der Waals surface area (Å²) in [5, 5.41) is 6.78. The number of hydrogen-bond donors (Lipinski definition) is 3. The Balaban J connectivity index is 1.85. The van der Waals surface area contributed by atoms with Gasteiger partial charge in [0.2, 0.25) is 6.39 Å². The van der Waals surface area contributed by atoms with Crippen LogP contribution < -0.4 is 16.6 Å². The Morgan fingerprint density at radius 1 is 1.25 bits per heavy atom. The Morgan fingerprint density at radius 2 is 2.12 bits per heavy atom. The molecule has 0 unspecified atom stereocenters. The number of aromatic nitrogens is 4. The number of anilines is 2. The third-order valence-corrected chi connectivity index (χ3v) is 1.88. The van der Waals surface area contributed by atoms with Crippen LogP contribution in [0.2, 0.25) is 0 Å². The van der Waals surface area contributed by atoms with Crippen LogP contribution in [-0.4, -0.2) is 26.7 Å². The monoisotopic (exact) mass is 221 g/mol. The van der Waals surface area contributed by atoms with E-state index in [0.717, 1.165) is 0 Å². The third kappa shape index (κ3) is 2.64. The quantitative estimate of drug-likeness (QED) is 0.469. The van der Waals surface area contributed by atoms with E-state index >= 15 is 0 Å². The summed E-state index contributed by atoms with van der Waals surface area (Å²) in [7, 11) is 0. The number of nitrogens with one attached hydrogen (secondary N) is 2. The SMILES string of the molecule is NNc1cc(NCCc2ncon2)ncn1. The maximum Gasteiger partial charge on any atom is 0.213 e. The number of hydrazine groups is 1. The fourth-order valence-electron chi connectivity index (χ4n) is 1.14. The van der Waals surface area contributed by atoms with E-state index in [1.54, 1.807) is 6.07 Å². The molecule has 0 atom stereocenters. The van der Waals surface area contributed by atoms with E-state index in [1.807, 2.05) is 0 Å². The first kappa shape index (κ1) is 10.3. The maximum absolute atomic E-state index is 5.22. The van der Waals surface area contributed by atoms with Crippen LogP contribution in [0.4, 0.5) is 11.6 Å². The fraction of sp³-hybridized carbons (Fsp3) is 0.250. The molecule has 84 valence electrons. The molecule has 8 heteroatoms. The van der Waals surface area contributed by atoms with Crippen LogP contribution in [0.1, 0.15) is 5.82 Å². The van der Waals surface area contributed by atoms with E-state index in [-0.39, 0.29) is 0 Å². The summed E-state index contributed by atoms with van der Waals surface area (Å²) >= 11 is 0. The van der Waals surface area contributed by atoms with E-state index in [1.165, 1.54) is 12.7 Å². The van der Waals surface area contributed by atoms with E-state index in [2.05, 4.69) is 35.4 Å². The normalized spacial score (nSPS) is 10.1. The van der Waals surface area contributed by atoms with Gasteiger partial charge in [0.15, 0.2) is 5.82 Å². The van der Waals surface area contributed by atoms with Gasteiger partial charge in [-0.3, -0.25) is 0 Å². The zero-order valence-electron chi connectivity index (χ0n) is 8.42. The Kier molecular flexibility index (Phi) is 3.24. The van der Waals surface area contributed by atoms with Gasteiger partial charge in [-0.15, -0.1) is 0 Å². The molecule has 0 bridgehead atoms. The van der Waals surface area contributed by atoms with Crippen LogP contribution in [0.3, 0.4) is 0 Å². The average Bonchev–Trinajstić information content (AvgIpc) is 2.82. The smallest absolute Gasteiger partial charge is 0.213 e. The second-order valence-electron chi connectivity index (χ2n) is 2.96. The van der Waals surface area contributed by atoms with Gasteiger partial charge in [-0.25, -0.2) is 15.8 Å². The van der Waals surface area contributed by atoms with Crippen LogP contribution in [0.25, 0.3) is 0 Å². The number of rotatable bonds is 5. The molecule has 8 nitrogen and oxygen atoms in total. The fourth-order valence-corrected chi connectivity index (χ4v) is 1.14. The Bertz CT molecular complexity index is 430. The lowest BCUT2D eigenvalue weighted by Gasteiger charge is -2.04. The summed E-state index contributed by atoms with van der Waals surface area (Å²) in [4.78, 5) is 11.8. The summed E-state index contributed by atoms with van der Waals surface area (Å²) in [6, 6.07) is 1.70. The topological polar surface area (TPSA) is 115 Å². The minimum absolute atomic E-state index is 0.553. The Labute approximate surface area is 91.3 Å². The van der Waals surface area contributed by atoms with Crippen molar-refractivity contribution in [3.63, 3.8) is 0 Å². The molecule has 2 rings (SSSR count). The molecule has 0 aliphatic heterocycles. The van der Waals surface area contributed by atoms with Crippen LogP contribution >= 0.6 is 0 Å². The highest BCUT2D eigenvalue weighted by molar-refractivity contribution is 5.45. The summed E-state index contributed by atoms with van der Waals surface area (Å²) in [6.07, 6.45) is 3.38. The molecular formula is C8H11N7O. The highest BCUT2D eigenvalue weighted by Crippen LogP contribution is 2.06. The molecule has 16 heavy (non-hydrogen) atoms. The first-order valence-corrected chi connectivity index (χ1v) is 4.66. The second-order valence-corrected chi connectivity index (χ2v) is 2.96. The van der Waals surface area contributed by atoms with Gasteiger partial charge in [-0.1, -0.05) is 5.16 Å². The van der Waals surface area contributed by atoms with Gasteiger partial charge in [-0.05, 0) is 0 Å². The molecule has 0 aliphatic carbocycles. The number of nitrogens with zero attached hydrogens (tertiary/aromatic N) is 4. The van der Waals surface area contributed by atoms with Crippen molar-refractivity contribution in [1.82, 2.24) is 20.1 Å². The zero-order valence-corrected chi connectivity index (χ0v) is 8.42. The van der Waals surface area contributed by atoms with Gasteiger partial charge in [0, 0.05) is 19.0 Å². The van der Waals surface area contributed by atoms with Crippen molar-refractivity contribution in [1.29, 1.82) is 0 Å². The molecule has 2 aromatic heterocycles. The standard InChI is InChI=1S/C8H11N7O/c9-14-8-3-7(11-4-12-8)10-2-1-6-13-5-16-15-6/h3-5H,1-2,9H2,(H2,10,11,12,14). The second kappa shape index (κ2) is 5.03. The van der Waals surface area contributed by atoms with Crippen LogP contribution in [0, 0.1) is 0 Å². The Morgan fingerprint density at radius 3 is 2.88 bits per heavy atom. The van der Waals surface area contributed by atoms with Crippen LogP contribution in [-0.2, 0) is 6.42 Å². The molecule has 2 aromatic rings. The molecule has 2 heterocycles. The van der Waals surface area contributed by atoms with E-state index in [9.17, 15) is 0 Å². The molecule has 0 aliphatic rings. The number of hydrogen-bond acceptors (Lipinski definition) is 8. The number of nitrogen functional groups attached to an aromatic ring is 1. The van der Waals surface area contributed by atoms with Gasteiger partial charge in [0.05, 0.1) is 0 Å². The van der Waals surface area contributed by atoms with Crippen molar-refractivity contribution in [2.45, 2.75) is 6.42 Å². The lowest BCUT2D eigenvalue weighted by atomic mass is 10.4. The van der Waals surface area contributed by atoms with Crippen molar-refractivity contribution in [2.75, 3.05) is 17.3 Å². The molecule has 4 N–H and O–H groups in total. The first-order chi connectivity index (χ1) is 7.88. The molecule has 0 spiro atoms. The molecule has 0 saturated heterocycles. The largest absolute Gasteiger partial charge is 0.369 e. The van der Waals surface area contributed by atoms with Crippen LogP contribution in [0.5, 0.6) is 0 Å². The van der Waals surface area contributed by atoms with E-state index in [4.69, 9.17) is 5.84 Å². The van der Waals surface area contributed by atoms with Gasteiger partial charge in [0.1, 0.15) is 18.0 Å². The maximum atomic E-state index is 5.22. The van der Waals surface area contributed by atoms with Gasteiger partial charge in [-0.2, -0.15) is 4.98 Å². The Hall–Kier alpha value is -2.22. The minimum Gasteiger partial charge on any atom is -0.369 e. The van der Waals surface area contributed by atoms with Gasteiger partial charge in [0.25, 0.3) is 0 Å². The molecule has 0 saturated carbocycles. The van der Waals surface area contributed by atoms with Crippen LogP contribution in [0.15, 0.2) is 23.3 Å². The van der Waals surface area contributed by atoms with Crippen molar-refractivity contribution < 1.29 is 4.52 Å². The third-order valence-electron chi connectivity index (χ3n) is 1.88. The summed E-state index contributed by atoms with van der Waals surface area (Å²) in [5.74, 6) is 7.12. The summed E-state index contributed by atoms with van der Waals surface area (Å²) < 4.78 is 4.61. The summed E-state index contributed by atoms with van der Waals surface area (Å²) in [6.45, 7) is 0.653. The van der Waals surface area contributed by atoms with Crippen molar-refractivity contribution in [3.8, 4) is 0 Å². The lowest BCUT2D eigenvalue weighted by Crippen LogP contribution is -2.11. The molecule has 0 fully saturated rings. The summed E-state index contributed by atoms with van der Waals surface area (Å²) in [5.41, 5.74) is 2.44. The van der Waals surface area contributed by atoms with E-state index in [0.29, 0.717) is 30.4 Å². The average molecular weight is 221 g/mol. The van der Waals surface area contributed by atoms with E-state index < -0.39 is 0 Å². The van der Waals surface area contributed by atoms with Crippen molar-refractivity contribution in [2.24, 2.45) is 5.84 Å². The molecule has 0 aromatic carbocycles. The van der Waals surface area contributed by atoms with Crippen molar-refractivity contribution in [3.05, 3.63) is 24.6 Å². The molecule has 0 amide bonds. The highest BCUT2D eigenvalue weighted by Gasteiger charge is 1.99. The molecular weight excluding hydrogens is 210 g/mol. The van der Waals surface area contributed by atoms with Gasteiger partial charge >= 0.3 is 0 Å². The van der Waals surface area contributed by atoms with Crippen molar-refractivity contribution >= 4 is 11.6 Å². The highest BCUT2D eigenvalue weighted by atomic mass is 16.5. The first-order valence-electron chi connectivity index (χ1n) is 4.66. The number of nitrogens with two attached hydrogens (primary N) is 1. The molecule has 0 radical (unpaired) electrons.